The maximum Gasteiger partial charge on any atom is 0.323 e. The van der Waals surface area contributed by atoms with Crippen molar-refractivity contribution in [3.05, 3.63) is 23.3 Å². The van der Waals surface area contributed by atoms with Crippen molar-refractivity contribution in [2.24, 2.45) is 0 Å². The van der Waals surface area contributed by atoms with E-state index in [9.17, 15) is 9.90 Å². The van der Waals surface area contributed by atoms with Gasteiger partial charge in [0.25, 0.3) is 5.89 Å². The Labute approximate surface area is 120 Å². The van der Waals surface area contributed by atoms with Gasteiger partial charge in [0.2, 0.25) is 0 Å². The number of carboxylic acids is 1. The third-order valence-electron chi connectivity index (χ3n) is 3.78. The average Bonchev–Trinajstić information content (AvgIpc) is 3.12. The smallest absolute Gasteiger partial charge is 0.323 e. The Morgan fingerprint density at radius 1 is 1.65 bits per heavy atom. The molecule has 3 heterocycles. The van der Waals surface area contributed by atoms with E-state index in [-0.39, 0.29) is 0 Å². The number of rotatable bonds is 4. The second kappa shape index (κ2) is 4.99. The Kier molecular flexibility index (Phi) is 3.31. The van der Waals surface area contributed by atoms with Crippen LogP contribution < -0.4 is 0 Å². The summed E-state index contributed by atoms with van der Waals surface area (Å²) in [7, 11) is 0. The van der Waals surface area contributed by atoms with Crippen LogP contribution in [0.4, 0.5) is 0 Å². The van der Waals surface area contributed by atoms with E-state index in [1.807, 2.05) is 22.4 Å². The predicted molar refractivity (Wildman–Crippen MR) is 73.3 cm³/mol. The normalized spacial score (nSPS) is 23.2. The Hall–Kier alpha value is -1.73. The molecule has 0 spiro atoms. The zero-order valence-corrected chi connectivity index (χ0v) is 11.9. The van der Waals surface area contributed by atoms with Crippen molar-refractivity contribution in [1.82, 2.24) is 15.0 Å². The van der Waals surface area contributed by atoms with E-state index >= 15 is 0 Å². The highest BCUT2D eigenvalue weighted by molar-refractivity contribution is 7.13. The van der Waals surface area contributed by atoms with Crippen molar-refractivity contribution >= 4 is 17.3 Å². The molecule has 1 unspecified atom stereocenters. The molecule has 0 amide bonds. The maximum atomic E-state index is 11.4. The second-order valence-corrected chi connectivity index (χ2v) is 6.04. The topological polar surface area (TPSA) is 79.5 Å². The van der Waals surface area contributed by atoms with Crippen molar-refractivity contribution < 1.29 is 14.4 Å². The van der Waals surface area contributed by atoms with Gasteiger partial charge in [0, 0.05) is 0 Å². The van der Waals surface area contributed by atoms with Crippen molar-refractivity contribution in [2.75, 3.05) is 6.54 Å². The Bertz CT molecular complexity index is 610. The van der Waals surface area contributed by atoms with Crippen LogP contribution in [-0.2, 0) is 11.3 Å². The molecule has 0 saturated carbocycles. The van der Waals surface area contributed by atoms with Gasteiger partial charge < -0.3 is 9.63 Å². The van der Waals surface area contributed by atoms with E-state index in [1.165, 1.54) is 11.3 Å². The molecule has 0 bridgehead atoms. The molecule has 3 rings (SSSR count). The summed E-state index contributed by atoms with van der Waals surface area (Å²) in [5, 5.41) is 15.3. The molecule has 106 valence electrons. The fraction of sp³-hybridized carbons (Fsp3) is 0.462. The van der Waals surface area contributed by atoms with Gasteiger partial charge in [-0.25, -0.2) is 0 Å². The summed E-state index contributed by atoms with van der Waals surface area (Å²) in [4.78, 5) is 18.6. The summed E-state index contributed by atoms with van der Waals surface area (Å²) in [5.41, 5.74) is -0.830. The monoisotopic (exact) mass is 293 g/mol. The highest BCUT2D eigenvalue weighted by Gasteiger charge is 2.43. The zero-order chi connectivity index (χ0) is 14.2. The number of likely N-dealkylation sites (tertiary alicyclic amines) is 1. The molecule has 1 aliphatic rings. The summed E-state index contributed by atoms with van der Waals surface area (Å²) in [5.74, 6) is 0.228. The van der Waals surface area contributed by atoms with Crippen LogP contribution in [0.25, 0.3) is 10.8 Å². The Morgan fingerprint density at radius 3 is 3.20 bits per heavy atom. The molecule has 2 aromatic rings. The largest absolute Gasteiger partial charge is 0.480 e. The fourth-order valence-electron chi connectivity index (χ4n) is 2.50. The first kappa shape index (κ1) is 13.3. The number of aromatic nitrogens is 2. The van der Waals surface area contributed by atoms with Gasteiger partial charge in [-0.15, -0.1) is 11.3 Å². The van der Waals surface area contributed by atoms with Gasteiger partial charge in [0.15, 0.2) is 5.82 Å². The second-order valence-electron chi connectivity index (χ2n) is 5.10. The minimum absolute atomic E-state index is 0.400. The van der Waals surface area contributed by atoms with Crippen LogP contribution in [-0.4, -0.2) is 38.2 Å². The Balaban J connectivity index is 1.77. The summed E-state index contributed by atoms with van der Waals surface area (Å²) in [6, 6.07) is 3.84. The van der Waals surface area contributed by atoms with Crippen molar-refractivity contribution in [2.45, 2.75) is 31.8 Å². The molecule has 0 radical (unpaired) electrons. The fourth-order valence-corrected chi connectivity index (χ4v) is 3.15. The SMILES string of the molecule is CC1(C(=O)O)CCCN1Cc1noc(-c2cccs2)n1. The van der Waals surface area contributed by atoms with Crippen LogP contribution in [0.3, 0.4) is 0 Å². The average molecular weight is 293 g/mol. The first-order chi connectivity index (χ1) is 9.59. The lowest BCUT2D eigenvalue weighted by Crippen LogP contribution is -2.47. The molecule has 7 heteroatoms. The van der Waals surface area contributed by atoms with E-state index in [1.54, 1.807) is 6.92 Å². The first-order valence-corrected chi connectivity index (χ1v) is 7.32. The minimum Gasteiger partial charge on any atom is -0.480 e. The van der Waals surface area contributed by atoms with Gasteiger partial charge in [0.1, 0.15) is 5.54 Å². The van der Waals surface area contributed by atoms with Gasteiger partial charge >= 0.3 is 5.97 Å². The minimum atomic E-state index is -0.830. The summed E-state index contributed by atoms with van der Waals surface area (Å²) >= 11 is 1.53. The predicted octanol–water partition coefficient (Wildman–Crippen LogP) is 2.24. The molecule has 1 aliphatic heterocycles. The van der Waals surface area contributed by atoms with Crippen LogP contribution in [0.5, 0.6) is 0 Å². The molecule has 1 saturated heterocycles. The standard InChI is InChI=1S/C13H15N3O3S/c1-13(12(17)18)5-3-6-16(13)8-10-14-11(19-15-10)9-4-2-7-20-9/h2,4,7H,3,5-6,8H2,1H3,(H,17,18). The van der Waals surface area contributed by atoms with Crippen molar-refractivity contribution in [1.29, 1.82) is 0 Å². The number of carbonyl (C=O) groups is 1. The summed E-state index contributed by atoms with van der Waals surface area (Å²) in [6.07, 6.45) is 1.52. The Morgan fingerprint density at radius 2 is 2.50 bits per heavy atom. The molecule has 0 aliphatic carbocycles. The number of hydrogen-bond acceptors (Lipinski definition) is 6. The quantitative estimate of drug-likeness (QED) is 0.931. The third-order valence-corrected chi connectivity index (χ3v) is 4.64. The number of nitrogens with zero attached hydrogens (tertiary/aromatic N) is 3. The van der Waals surface area contributed by atoms with Crippen LogP contribution in [0.15, 0.2) is 22.0 Å². The number of thiophene rings is 1. The molecule has 1 atom stereocenters. The first-order valence-electron chi connectivity index (χ1n) is 6.44. The van der Waals surface area contributed by atoms with Crippen LogP contribution >= 0.6 is 11.3 Å². The number of hydrogen-bond donors (Lipinski definition) is 1. The van der Waals surface area contributed by atoms with Crippen molar-refractivity contribution in [3.63, 3.8) is 0 Å². The van der Waals surface area contributed by atoms with E-state index in [0.717, 1.165) is 17.8 Å². The molecular formula is C13H15N3O3S. The van der Waals surface area contributed by atoms with Crippen LogP contribution in [0, 0.1) is 0 Å². The van der Waals surface area contributed by atoms with E-state index in [4.69, 9.17) is 4.52 Å². The molecule has 20 heavy (non-hydrogen) atoms. The maximum absolute atomic E-state index is 11.4. The van der Waals surface area contributed by atoms with Gasteiger partial charge in [-0.3, -0.25) is 9.69 Å². The van der Waals surface area contributed by atoms with Gasteiger partial charge in [-0.05, 0) is 37.8 Å². The highest BCUT2D eigenvalue weighted by atomic mass is 32.1. The van der Waals surface area contributed by atoms with Gasteiger partial charge in [-0.2, -0.15) is 4.98 Å². The van der Waals surface area contributed by atoms with Crippen molar-refractivity contribution in [3.8, 4) is 10.8 Å². The van der Waals surface area contributed by atoms with E-state index < -0.39 is 11.5 Å². The summed E-state index contributed by atoms with van der Waals surface area (Å²) in [6.45, 7) is 2.89. The lowest BCUT2D eigenvalue weighted by atomic mass is 9.99. The number of carboxylic acid groups (broad SMARTS) is 1. The molecule has 1 N–H and O–H groups in total. The molecule has 0 aromatic carbocycles. The van der Waals surface area contributed by atoms with Crippen LogP contribution in [0.1, 0.15) is 25.6 Å². The number of aliphatic carboxylic acids is 1. The van der Waals surface area contributed by atoms with Gasteiger partial charge in [0.05, 0.1) is 11.4 Å². The van der Waals surface area contributed by atoms with Crippen LogP contribution in [0.2, 0.25) is 0 Å². The molecular weight excluding hydrogens is 278 g/mol. The zero-order valence-electron chi connectivity index (χ0n) is 11.1. The molecule has 1 fully saturated rings. The lowest BCUT2D eigenvalue weighted by Gasteiger charge is -2.29. The third kappa shape index (κ3) is 2.23. The lowest BCUT2D eigenvalue weighted by molar-refractivity contribution is -0.149. The molecule has 6 nitrogen and oxygen atoms in total. The van der Waals surface area contributed by atoms with E-state index in [2.05, 4.69) is 10.1 Å². The summed E-state index contributed by atoms with van der Waals surface area (Å²) < 4.78 is 5.22. The highest BCUT2D eigenvalue weighted by Crippen LogP contribution is 2.31. The van der Waals surface area contributed by atoms with E-state index in [0.29, 0.717) is 24.7 Å². The molecule has 2 aromatic heterocycles. The van der Waals surface area contributed by atoms with Gasteiger partial charge in [-0.1, -0.05) is 11.2 Å².